The Morgan fingerprint density at radius 3 is 2.79 bits per heavy atom. The molecule has 0 aliphatic carbocycles. The van der Waals surface area contributed by atoms with Crippen LogP contribution in [0.25, 0.3) is 0 Å². The lowest BCUT2D eigenvalue weighted by atomic mass is 10.1. The van der Waals surface area contributed by atoms with Crippen LogP contribution in [0.5, 0.6) is 0 Å². The predicted octanol–water partition coefficient (Wildman–Crippen LogP) is 2.58. The van der Waals surface area contributed by atoms with E-state index in [4.69, 9.17) is 0 Å². The van der Waals surface area contributed by atoms with Gasteiger partial charge in [-0.25, -0.2) is 0 Å². The van der Waals surface area contributed by atoms with Crippen molar-refractivity contribution in [1.29, 1.82) is 0 Å². The van der Waals surface area contributed by atoms with E-state index in [-0.39, 0.29) is 17.9 Å². The molecule has 0 radical (unpaired) electrons. The summed E-state index contributed by atoms with van der Waals surface area (Å²) in [6.07, 6.45) is 6.79. The zero-order chi connectivity index (χ0) is 17.4. The van der Waals surface area contributed by atoms with Gasteiger partial charge in [-0.15, -0.1) is 0 Å². The van der Waals surface area contributed by atoms with Crippen molar-refractivity contribution in [3.63, 3.8) is 0 Å². The lowest BCUT2D eigenvalue weighted by molar-refractivity contribution is -0.116. The molecular weight excluding hydrogens is 304 g/mol. The van der Waals surface area contributed by atoms with Crippen molar-refractivity contribution < 1.29 is 9.59 Å². The third kappa shape index (κ3) is 5.46. The van der Waals surface area contributed by atoms with Gasteiger partial charge in [0.15, 0.2) is 0 Å². The Kier molecular flexibility index (Phi) is 6.42. The van der Waals surface area contributed by atoms with Crippen molar-refractivity contribution in [2.75, 3.05) is 5.32 Å². The molecular formula is C18H22N4O2. The Bertz CT molecular complexity index is 688. The summed E-state index contributed by atoms with van der Waals surface area (Å²) in [7, 11) is 0. The number of benzene rings is 1. The number of nitrogens with zero attached hydrogens (tertiary/aromatic N) is 2. The van der Waals surface area contributed by atoms with Crippen LogP contribution >= 0.6 is 0 Å². The van der Waals surface area contributed by atoms with Crippen LogP contribution in [-0.2, 0) is 11.2 Å². The maximum atomic E-state index is 12.3. The third-order valence-corrected chi connectivity index (χ3v) is 3.40. The molecule has 0 fully saturated rings. The van der Waals surface area contributed by atoms with E-state index in [0.29, 0.717) is 24.1 Å². The summed E-state index contributed by atoms with van der Waals surface area (Å²) >= 11 is 0. The maximum Gasteiger partial charge on any atom is 0.251 e. The average Bonchev–Trinajstić information content (AvgIpc) is 2.56. The number of rotatable bonds is 7. The number of carbonyl (C=O) groups is 2. The van der Waals surface area contributed by atoms with Crippen molar-refractivity contribution >= 4 is 17.5 Å². The highest BCUT2D eigenvalue weighted by molar-refractivity contribution is 5.97. The molecule has 24 heavy (non-hydrogen) atoms. The van der Waals surface area contributed by atoms with Crippen molar-refractivity contribution in [3.05, 3.63) is 54.1 Å². The zero-order valence-corrected chi connectivity index (χ0v) is 14.0. The van der Waals surface area contributed by atoms with E-state index in [1.807, 2.05) is 13.8 Å². The van der Waals surface area contributed by atoms with Crippen LogP contribution < -0.4 is 10.6 Å². The molecule has 0 aliphatic rings. The molecule has 1 aromatic heterocycles. The molecule has 1 atom stereocenters. The SMILES string of the molecule is CCCC(=O)Nc1cccc(C(=O)N[C@@H](C)Cc2cnccn2)c1. The summed E-state index contributed by atoms with van der Waals surface area (Å²) in [5.41, 5.74) is 1.96. The van der Waals surface area contributed by atoms with E-state index in [1.54, 1.807) is 42.9 Å². The first-order valence-electron chi connectivity index (χ1n) is 8.04. The molecule has 2 amide bonds. The van der Waals surface area contributed by atoms with E-state index in [0.717, 1.165) is 12.1 Å². The van der Waals surface area contributed by atoms with Crippen LogP contribution in [0, 0.1) is 0 Å². The number of anilines is 1. The zero-order valence-electron chi connectivity index (χ0n) is 14.0. The number of aromatic nitrogens is 2. The third-order valence-electron chi connectivity index (χ3n) is 3.40. The lowest BCUT2D eigenvalue weighted by Crippen LogP contribution is -2.34. The lowest BCUT2D eigenvalue weighted by Gasteiger charge is -2.14. The summed E-state index contributed by atoms with van der Waals surface area (Å²) < 4.78 is 0. The van der Waals surface area contributed by atoms with E-state index < -0.39 is 0 Å². The fraction of sp³-hybridized carbons (Fsp3) is 0.333. The molecule has 1 heterocycles. The number of carbonyl (C=O) groups excluding carboxylic acids is 2. The molecule has 1 aromatic carbocycles. The topological polar surface area (TPSA) is 84.0 Å². The summed E-state index contributed by atoms with van der Waals surface area (Å²) in [4.78, 5) is 32.2. The minimum Gasteiger partial charge on any atom is -0.349 e. The molecule has 0 saturated heterocycles. The molecule has 0 spiro atoms. The van der Waals surface area contributed by atoms with Gasteiger partial charge in [-0.3, -0.25) is 19.6 Å². The van der Waals surface area contributed by atoms with Crippen LogP contribution in [0.3, 0.4) is 0 Å². The van der Waals surface area contributed by atoms with Crippen LogP contribution in [0.2, 0.25) is 0 Å². The molecule has 2 aromatic rings. The van der Waals surface area contributed by atoms with Gasteiger partial charge in [-0.2, -0.15) is 0 Å². The van der Waals surface area contributed by atoms with E-state index in [2.05, 4.69) is 20.6 Å². The van der Waals surface area contributed by atoms with Crippen LogP contribution in [0.15, 0.2) is 42.9 Å². The van der Waals surface area contributed by atoms with Crippen molar-refractivity contribution in [2.45, 2.75) is 39.2 Å². The minimum absolute atomic E-state index is 0.0499. The van der Waals surface area contributed by atoms with Crippen molar-refractivity contribution in [2.24, 2.45) is 0 Å². The summed E-state index contributed by atoms with van der Waals surface area (Å²) in [6, 6.07) is 6.85. The minimum atomic E-state index is -0.182. The molecule has 6 nitrogen and oxygen atoms in total. The Labute approximate surface area is 141 Å². The van der Waals surface area contributed by atoms with Crippen LogP contribution in [0.1, 0.15) is 42.7 Å². The van der Waals surface area contributed by atoms with Gasteiger partial charge in [-0.05, 0) is 31.5 Å². The van der Waals surface area contributed by atoms with Gasteiger partial charge in [0.1, 0.15) is 0 Å². The van der Waals surface area contributed by atoms with E-state index >= 15 is 0 Å². The quantitative estimate of drug-likeness (QED) is 0.819. The molecule has 0 aliphatic heterocycles. The maximum absolute atomic E-state index is 12.3. The van der Waals surface area contributed by atoms with Gasteiger partial charge in [0.05, 0.1) is 5.69 Å². The fourth-order valence-electron chi connectivity index (χ4n) is 2.30. The molecule has 0 bridgehead atoms. The number of hydrogen-bond acceptors (Lipinski definition) is 4. The van der Waals surface area contributed by atoms with Gasteiger partial charge in [0.25, 0.3) is 5.91 Å². The molecule has 6 heteroatoms. The molecule has 2 rings (SSSR count). The van der Waals surface area contributed by atoms with Crippen molar-refractivity contribution in [3.8, 4) is 0 Å². The fourth-order valence-corrected chi connectivity index (χ4v) is 2.30. The van der Waals surface area contributed by atoms with Gasteiger partial charge in [0, 0.05) is 48.7 Å². The first-order valence-corrected chi connectivity index (χ1v) is 8.04. The van der Waals surface area contributed by atoms with E-state index in [9.17, 15) is 9.59 Å². The van der Waals surface area contributed by atoms with Crippen LogP contribution in [0.4, 0.5) is 5.69 Å². The normalized spacial score (nSPS) is 11.6. The summed E-state index contributed by atoms with van der Waals surface area (Å²) in [5.74, 6) is -0.232. The van der Waals surface area contributed by atoms with Gasteiger partial charge in [0.2, 0.25) is 5.91 Å². The number of hydrogen-bond donors (Lipinski definition) is 2. The number of amides is 2. The predicted molar refractivity (Wildman–Crippen MR) is 92.6 cm³/mol. The van der Waals surface area contributed by atoms with Gasteiger partial charge >= 0.3 is 0 Å². The first-order chi connectivity index (χ1) is 11.6. The monoisotopic (exact) mass is 326 g/mol. The second-order valence-corrected chi connectivity index (χ2v) is 5.65. The smallest absolute Gasteiger partial charge is 0.251 e. The summed E-state index contributed by atoms with van der Waals surface area (Å²) in [5, 5.41) is 5.72. The Hall–Kier alpha value is -2.76. The van der Waals surface area contributed by atoms with Crippen molar-refractivity contribution in [1.82, 2.24) is 15.3 Å². The Balaban J connectivity index is 1.95. The molecule has 126 valence electrons. The first kappa shape index (κ1) is 17.6. The molecule has 0 unspecified atom stereocenters. The second kappa shape index (κ2) is 8.76. The van der Waals surface area contributed by atoms with E-state index in [1.165, 1.54) is 0 Å². The Morgan fingerprint density at radius 2 is 2.08 bits per heavy atom. The highest BCUT2D eigenvalue weighted by Crippen LogP contribution is 2.12. The molecule has 0 saturated carbocycles. The Morgan fingerprint density at radius 1 is 1.25 bits per heavy atom. The number of nitrogens with one attached hydrogen (secondary N) is 2. The summed E-state index contributed by atoms with van der Waals surface area (Å²) in [6.45, 7) is 3.86. The molecule has 2 N–H and O–H groups in total. The standard InChI is InChI=1S/C18H22N4O2/c1-3-5-17(23)22-15-7-4-6-14(11-15)18(24)21-13(2)10-16-12-19-8-9-20-16/h4,6-9,11-13H,3,5,10H2,1-2H3,(H,21,24)(H,22,23)/t13-/m0/s1. The van der Waals surface area contributed by atoms with Gasteiger partial charge in [-0.1, -0.05) is 13.0 Å². The largest absolute Gasteiger partial charge is 0.349 e. The van der Waals surface area contributed by atoms with Gasteiger partial charge < -0.3 is 10.6 Å². The highest BCUT2D eigenvalue weighted by atomic mass is 16.2. The average molecular weight is 326 g/mol. The highest BCUT2D eigenvalue weighted by Gasteiger charge is 2.12. The second-order valence-electron chi connectivity index (χ2n) is 5.65. The van der Waals surface area contributed by atoms with Crippen LogP contribution in [-0.4, -0.2) is 27.8 Å².